The third-order valence-corrected chi connectivity index (χ3v) is 5.46. The molecule has 2 N–H and O–H groups in total. The van der Waals surface area contributed by atoms with Crippen LogP contribution < -0.4 is 14.8 Å². The minimum absolute atomic E-state index is 0.373. The van der Waals surface area contributed by atoms with Gasteiger partial charge in [-0.2, -0.15) is 5.10 Å². The van der Waals surface area contributed by atoms with Crippen molar-refractivity contribution in [3.63, 3.8) is 0 Å². The highest BCUT2D eigenvalue weighted by molar-refractivity contribution is 6.37. The fourth-order valence-corrected chi connectivity index (χ4v) is 3.82. The van der Waals surface area contributed by atoms with Gasteiger partial charge in [0.05, 0.1) is 35.6 Å². The molecule has 0 unspecified atom stereocenters. The fraction of sp³-hybridized carbons (Fsp3) is 0.217. The van der Waals surface area contributed by atoms with Gasteiger partial charge in [-0.25, -0.2) is 0 Å². The molecule has 1 amide bonds. The summed E-state index contributed by atoms with van der Waals surface area (Å²) in [4.78, 5) is 11.9. The summed E-state index contributed by atoms with van der Waals surface area (Å²) in [6.45, 7) is 1.61. The first-order valence-corrected chi connectivity index (χ1v) is 10.2. The molecule has 0 fully saturated rings. The smallest absolute Gasteiger partial charge is 0.300 e. The van der Waals surface area contributed by atoms with Crippen molar-refractivity contribution in [3.8, 4) is 34.6 Å². The minimum atomic E-state index is -0.373. The Hall–Kier alpha value is -3.14. The molecule has 0 bridgehead atoms. The van der Waals surface area contributed by atoms with Gasteiger partial charge < -0.3 is 14.8 Å². The second-order valence-corrected chi connectivity index (χ2v) is 7.30. The molecule has 3 rings (SSSR count). The third-order valence-electron chi connectivity index (χ3n) is 4.63. The van der Waals surface area contributed by atoms with E-state index in [0.29, 0.717) is 45.8 Å². The van der Waals surface area contributed by atoms with E-state index in [1.807, 2.05) is 24.3 Å². The first-order chi connectivity index (χ1) is 15.0. The van der Waals surface area contributed by atoms with E-state index in [2.05, 4.69) is 27.4 Å². The van der Waals surface area contributed by atoms with Crippen LogP contribution in [0.1, 0.15) is 18.2 Å². The zero-order chi connectivity index (χ0) is 22.4. The number of rotatable bonds is 7. The van der Waals surface area contributed by atoms with Crippen LogP contribution in [0.5, 0.6) is 11.5 Å². The van der Waals surface area contributed by atoms with Crippen LogP contribution in [0.3, 0.4) is 0 Å². The number of H-pyrrole nitrogens is 1. The predicted octanol–water partition coefficient (Wildman–Crippen LogP) is 5.15. The van der Waals surface area contributed by atoms with Gasteiger partial charge in [-0.15, -0.1) is 0 Å². The number of carbonyl (C=O) groups excluding carboxylic acids is 1. The molecular weight excluding hydrogens is 437 g/mol. The van der Waals surface area contributed by atoms with Crippen molar-refractivity contribution < 1.29 is 14.3 Å². The maximum absolute atomic E-state index is 11.9. The number of halogens is 2. The van der Waals surface area contributed by atoms with Crippen LogP contribution in [0.4, 0.5) is 5.69 Å². The number of ether oxygens (including phenoxy) is 2. The van der Waals surface area contributed by atoms with Crippen molar-refractivity contribution in [2.24, 2.45) is 0 Å². The fourth-order valence-electron chi connectivity index (χ4n) is 3.13. The highest BCUT2D eigenvalue weighted by Gasteiger charge is 2.18. The lowest BCUT2D eigenvalue weighted by molar-refractivity contribution is -0.111. The summed E-state index contributed by atoms with van der Waals surface area (Å²) in [5.74, 6) is 5.69. The predicted molar refractivity (Wildman–Crippen MR) is 123 cm³/mol. The summed E-state index contributed by atoms with van der Waals surface area (Å²) in [7, 11) is 3.09. The molecule has 1 heterocycles. The van der Waals surface area contributed by atoms with Crippen LogP contribution in [-0.4, -0.2) is 30.3 Å². The molecule has 1 aromatic heterocycles. The molecule has 8 heteroatoms. The second kappa shape index (κ2) is 10.3. The Morgan fingerprint density at radius 1 is 1.10 bits per heavy atom. The van der Waals surface area contributed by atoms with E-state index in [9.17, 15) is 4.79 Å². The van der Waals surface area contributed by atoms with Gasteiger partial charge in [0.1, 0.15) is 11.5 Å². The van der Waals surface area contributed by atoms with E-state index in [-0.39, 0.29) is 5.91 Å². The number of aromatic nitrogens is 2. The maximum Gasteiger partial charge on any atom is 0.300 e. The zero-order valence-electron chi connectivity index (χ0n) is 17.3. The SMILES string of the molecule is CC#CC(=O)Nc1ccccc1-c1cc(CCc2c(Cl)c(OC)cc(OC)c2Cl)[nH]n1. The average molecular weight is 458 g/mol. The standard InChI is InChI=1S/C23H21Cl2N3O3/c1-4-7-21(29)26-17-9-6-5-8-15(17)18-12-14(27-28-18)10-11-16-22(24)19(30-2)13-20(31-3)23(16)25/h5-6,8-9,12-13H,10-11H2,1-3H3,(H,26,29)(H,27,28). The molecule has 0 aliphatic rings. The van der Waals surface area contributed by atoms with E-state index < -0.39 is 0 Å². The second-order valence-electron chi connectivity index (χ2n) is 6.54. The number of methoxy groups -OCH3 is 2. The van der Waals surface area contributed by atoms with Crippen LogP contribution in [0.15, 0.2) is 36.4 Å². The molecule has 0 aliphatic heterocycles. The summed E-state index contributed by atoms with van der Waals surface area (Å²) in [5, 5.41) is 11.1. The maximum atomic E-state index is 11.9. The third kappa shape index (κ3) is 5.13. The van der Waals surface area contributed by atoms with E-state index in [0.717, 1.165) is 16.8 Å². The number of hydrogen-bond acceptors (Lipinski definition) is 4. The van der Waals surface area contributed by atoms with Crippen molar-refractivity contribution >= 4 is 34.8 Å². The number of nitrogens with one attached hydrogen (secondary N) is 2. The zero-order valence-corrected chi connectivity index (χ0v) is 18.8. The van der Waals surface area contributed by atoms with Crippen LogP contribution in [-0.2, 0) is 17.6 Å². The lowest BCUT2D eigenvalue weighted by Crippen LogP contribution is -2.09. The quantitative estimate of drug-likeness (QED) is 0.481. The molecular formula is C23H21Cl2N3O3. The molecule has 0 atom stereocenters. The van der Waals surface area contributed by atoms with Crippen molar-refractivity contribution in [3.05, 3.63) is 57.7 Å². The number of amides is 1. The number of anilines is 1. The Bertz CT molecular complexity index is 1130. The lowest BCUT2D eigenvalue weighted by atomic mass is 10.1. The summed E-state index contributed by atoms with van der Waals surface area (Å²) in [6.07, 6.45) is 1.16. The van der Waals surface area contributed by atoms with Gasteiger partial charge in [0, 0.05) is 17.3 Å². The van der Waals surface area contributed by atoms with Gasteiger partial charge in [0.2, 0.25) is 0 Å². The van der Waals surface area contributed by atoms with Crippen molar-refractivity contribution in [2.45, 2.75) is 19.8 Å². The van der Waals surface area contributed by atoms with Gasteiger partial charge in [-0.05, 0) is 43.4 Å². The molecule has 0 saturated carbocycles. The first-order valence-electron chi connectivity index (χ1n) is 9.44. The van der Waals surface area contributed by atoms with E-state index in [4.69, 9.17) is 32.7 Å². The van der Waals surface area contributed by atoms with E-state index >= 15 is 0 Å². The van der Waals surface area contributed by atoms with Crippen molar-refractivity contribution in [2.75, 3.05) is 19.5 Å². The van der Waals surface area contributed by atoms with E-state index in [1.54, 1.807) is 33.3 Å². The molecule has 2 aromatic carbocycles. The molecule has 3 aromatic rings. The van der Waals surface area contributed by atoms with Gasteiger partial charge in [0.25, 0.3) is 5.91 Å². The van der Waals surface area contributed by atoms with Crippen molar-refractivity contribution in [1.82, 2.24) is 10.2 Å². The number of aromatic amines is 1. The summed E-state index contributed by atoms with van der Waals surface area (Å²) < 4.78 is 10.6. The Morgan fingerprint density at radius 2 is 1.77 bits per heavy atom. The summed E-state index contributed by atoms with van der Waals surface area (Å²) in [5.41, 5.74) is 3.75. The highest BCUT2D eigenvalue weighted by atomic mass is 35.5. The number of hydrogen-bond donors (Lipinski definition) is 2. The highest BCUT2D eigenvalue weighted by Crippen LogP contribution is 2.41. The van der Waals surface area contributed by atoms with Gasteiger partial charge in [-0.3, -0.25) is 9.89 Å². The molecule has 160 valence electrons. The average Bonchev–Trinajstić information content (AvgIpc) is 3.23. The molecule has 31 heavy (non-hydrogen) atoms. The van der Waals surface area contributed by atoms with Crippen molar-refractivity contribution in [1.29, 1.82) is 0 Å². The van der Waals surface area contributed by atoms with Gasteiger partial charge in [0.15, 0.2) is 0 Å². The Morgan fingerprint density at radius 3 is 2.42 bits per heavy atom. The largest absolute Gasteiger partial charge is 0.495 e. The Kier molecular flexibility index (Phi) is 7.45. The summed E-state index contributed by atoms with van der Waals surface area (Å²) >= 11 is 12.9. The lowest BCUT2D eigenvalue weighted by Gasteiger charge is -2.14. The Labute approximate surface area is 190 Å². The van der Waals surface area contributed by atoms with E-state index in [1.165, 1.54) is 0 Å². The molecule has 0 spiro atoms. The summed E-state index contributed by atoms with van der Waals surface area (Å²) in [6, 6.07) is 11.0. The van der Waals surface area contributed by atoms with Crippen LogP contribution in [0, 0.1) is 11.8 Å². The number of nitrogens with zero attached hydrogens (tertiary/aromatic N) is 1. The Balaban J connectivity index is 1.82. The first kappa shape index (κ1) is 22.5. The van der Waals surface area contributed by atoms with Gasteiger partial charge in [-0.1, -0.05) is 47.3 Å². The number of aryl methyl sites for hydroxylation is 1. The van der Waals surface area contributed by atoms with Crippen LogP contribution in [0.25, 0.3) is 11.3 Å². The topological polar surface area (TPSA) is 76.2 Å². The number of para-hydroxylation sites is 1. The normalized spacial score (nSPS) is 10.2. The monoisotopic (exact) mass is 457 g/mol. The van der Waals surface area contributed by atoms with Crippen LogP contribution in [0.2, 0.25) is 10.0 Å². The number of carbonyl (C=O) groups is 1. The molecule has 0 saturated heterocycles. The molecule has 0 radical (unpaired) electrons. The van der Waals surface area contributed by atoms with Gasteiger partial charge >= 0.3 is 0 Å². The molecule has 0 aliphatic carbocycles. The van der Waals surface area contributed by atoms with Crippen LogP contribution >= 0.6 is 23.2 Å². The number of benzene rings is 2. The minimum Gasteiger partial charge on any atom is -0.495 e. The molecule has 6 nitrogen and oxygen atoms in total.